The van der Waals surface area contributed by atoms with Gasteiger partial charge in [0.2, 0.25) is 0 Å². The molecule has 2 aromatic rings. The highest BCUT2D eigenvalue weighted by molar-refractivity contribution is 7.13. The summed E-state index contributed by atoms with van der Waals surface area (Å²) < 4.78 is 1.84. The van der Waals surface area contributed by atoms with Gasteiger partial charge in [0.25, 0.3) is 0 Å². The van der Waals surface area contributed by atoms with Crippen molar-refractivity contribution in [3.63, 3.8) is 0 Å². The number of hydrogen-bond acceptors (Lipinski definition) is 4. The minimum Gasteiger partial charge on any atom is -0.390 e. The fraction of sp³-hybridized carbons (Fsp3) is 0.400. The SMILES string of the molecule is CC(C)n1nnc(CO)c1-c1cccs1. The minimum absolute atomic E-state index is 0.0695. The summed E-state index contributed by atoms with van der Waals surface area (Å²) in [4.78, 5) is 1.10. The number of rotatable bonds is 3. The van der Waals surface area contributed by atoms with Gasteiger partial charge >= 0.3 is 0 Å². The minimum atomic E-state index is -0.0695. The molecule has 0 unspecified atom stereocenters. The Morgan fingerprint density at radius 1 is 1.53 bits per heavy atom. The van der Waals surface area contributed by atoms with E-state index in [0.29, 0.717) is 5.69 Å². The molecular formula is C10H13N3OS. The molecule has 0 radical (unpaired) electrons. The molecule has 80 valence electrons. The van der Waals surface area contributed by atoms with Crippen molar-refractivity contribution < 1.29 is 5.11 Å². The molecule has 0 saturated carbocycles. The first-order valence-electron chi connectivity index (χ1n) is 4.83. The molecule has 0 saturated heterocycles. The highest BCUT2D eigenvalue weighted by Crippen LogP contribution is 2.28. The lowest BCUT2D eigenvalue weighted by atomic mass is 10.2. The Kier molecular flexibility index (Phi) is 2.83. The van der Waals surface area contributed by atoms with Crippen LogP contribution in [0.5, 0.6) is 0 Å². The van der Waals surface area contributed by atoms with Gasteiger partial charge in [-0.3, -0.25) is 0 Å². The van der Waals surface area contributed by atoms with Crippen molar-refractivity contribution in [2.24, 2.45) is 0 Å². The normalized spacial score (nSPS) is 11.2. The standard InChI is InChI=1S/C10H13N3OS/c1-7(2)13-10(8(6-14)11-12-13)9-4-3-5-15-9/h3-5,7,14H,6H2,1-2H3. The topological polar surface area (TPSA) is 50.9 Å². The number of aromatic nitrogens is 3. The van der Waals surface area contributed by atoms with E-state index >= 15 is 0 Å². The van der Waals surface area contributed by atoms with Crippen LogP contribution in [0.3, 0.4) is 0 Å². The molecule has 2 heterocycles. The predicted molar refractivity (Wildman–Crippen MR) is 59.6 cm³/mol. The zero-order valence-corrected chi connectivity index (χ0v) is 9.53. The first-order chi connectivity index (χ1) is 7.24. The van der Waals surface area contributed by atoms with Crippen LogP contribution < -0.4 is 0 Å². The van der Waals surface area contributed by atoms with Gasteiger partial charge in [-0.2, -0.15) is 0 Å². The second-order valence-electron chi connectivity index (χ2n) is 3.56. The van der Waals surface area contributed by atoms with Crippen LogP contribution >= 0.6 is 11.3 Å². The van der Waals surface area contributed by atoms with Gasteiger partial charge in [-0.05, 0) is 25.3 Å². The molecule has 0 bridgehead atoms. The Bertz CT molecular complexity index is 433. The summed E-state index contributed by atoms with van der Waals surface area (Å²) in [6, 6.07) is 4.25. The lowest BCUT2D eigenvalue weighted by molar-refractivity contribution is 0.277. The number of nitrogens with zero attached hydrogens (tertiary/aromatic N) is 3. The van der Waals surface area contributed by atoms with Crippen molar-refractivity contribution in [3.8, 4) is 10.6 Å². The lowest BCUT2D eigenvalue weighted by Crippen LogP contribution is -2.04. The summed E-state index contributed by atoms with van der Waals surface area (Å²) in [6.45, 7) is 4.03. The highest BCUT2D eigenvalue weighted by atomic mass is 32.1. The maximum atomic E-state index is 9.20. The molecule has 0 fully saturated rings. The van der Waals surface area contributed by atoms with Crippen LogP contribution in [0, 0.1) is 0 Å². The van der Waals surface area contributed by atoms with Crippen LogP contribution in [0.15, 0.2) is 17.5 Å². The van der Waals surface area contributed by atoms with E-state index in [4.69, 9.17) is 0 Å². The van der Waals surface area contributed by atoms with E-state index in [1.807, 2.05) is 36.0 Å². The van der Waals surface area contributed by atoms with Crippen LogP contribution in [0.2, 0.25) is 0 Å². The molecule has 0 aliphatic carbocycles. The van der Waals surface area contributed by atoms with Crippen LogP contribution in [-0.2, 0) is 6.61 Å². The maximum Gasteiger partial charge on any atom is 0.117 e. The van der Waals surface area contributed by atoms with E-state index in [-0.39, 0.29) is 12.6 Å². The molecule has 15 heavy (non-hydrogen) atoms. The third-order valence-electron chi connectivity index (χ3n) is 2.16. The fourth-order valence-electron chi connectivity index (χ4n) is 1.46. The van der Waals surface area contributed by atoms with Gasteiger partial charge in [0, 0.05) is 6.04 Å². The molecule has 0 spiro atoms. The molecule has 0 amide bonds. The Morgan fingerprint density at radius 3 is 2.87 bits per heavy atom. The smallest absolute Gasteiger partial charge is 0.117 e. The molecule has 0 atom stereocenters. The second kappa shape index (κ2) is 4.12. The summed E-state index contributed by atoms with van der Waals surface area (Å²) in [6.07, 6.45) is 0. The van der Waals surface area contributed by atoms with Gasteiger partial charge in [-0.1, -0.05) is 11.3 Å². The summed E-state index contributed by atoms with van der Waals surface area (Å²) in [5.74, 6) is 0. The number of aliphatic hydroxyl groups is 1. The van der Waals surface area contributed by atoms with Crippen LogP contribution in [0.4, 0.5) is 0 Å². The summed E-state index contributed by atoms with van der Waals surface area (Å²) in [5.41, 5.74) is 1.58. The predicted octanol–water partition coefficient (Wildman–Crippen LogP) is 2.08. The van der Waals surface area contributed by atoms with E-state index in [0.717, 1.165) is 10.6 Å². The van der Waals surface area contributed by atoms with Crippen LogP contribution in [0.1, 0.15) is 25.6 Å². The van der Waals surface area contributed by atoms with Gasteiger partial charge in [-0.25, -0.2) is 4.68 Å². The van der Waals surface area contributed by atoms with Crippen molar-refractivity contribution in [2.75, 3.05) is 0 Å². The van der Waals surface area contributed by atoms with Crippen molar-refractivity contribution in [1.29, 1.82) is 0 Å². The molecule has 0 aliphatic rings. The molecule has 2 aromatic heterocycles. The number of aliphatic hydroxyl groups excluding tert-OH is 1. The van der Waals surface area contributed by atoms with Gasteiger partial charge < -0.3 is 5.11 Å². The van der Waals surface area contributed by atoms with Crippen LogP contribution in [-0.4, -0.2) is 20.1 Å². The summed E-state index contributed by atoms with van der Waals surface area (Å²) >= 11 is 1.63. The molecule has 1 N–H and O–H groups in total. The van der Waals surface area contributed by atoms with Crippen molar-refractivity contribution >= 4 is 11.3 Å². The summed E-state index contributed by atoms with van der Waals surface area (Å²) in [7, 11) is 0. The van der Waals surface area contributed by atoms with Crippen molar-refractivity contribution in [1.82, 2.24) is 15.0 Å². The average Bonchev–Trinajstić information content (AvgIpc) is 2.85. The monoisotopic (exact) mass is 223 g/mol. The molecule has 5 heteroatoms. The molecule has 4 nitrogen and oxygen atoms in total. The van der Waals surface area contributed by atoms with Gasteiger partial charge in [0.05, 0.1) is 11.5 Å². The van der Waals surface area contributed by atoms with E-state index in [9.17, 15) is 5.11 Å². The number of hydrogen-bond donors (Lipinski definition) is 1. The Morgan fingerprint density at radius 2 is 2.33 bits per heavy atom. The van der Waals surface area contributed by atoms with E-state index in [1.165, 1.54) is 0 Å². The quantitative estimate of drug-likeness (QED) is 0.866. The van der Waals surface area contributed by atoms with Crippen molar-refractivity contribution in [2.45, 2.75) is 26.5 Å². The summed E-state index contributed by atoms with van der Waals surface area (Å²) in [5, 5.41) is 19.2. The van der Waals surface area contributed by atoms with E-state index in [1.54, 1.807) is 11.3 Å². The zero-order valence-electron chi connectivity index (χ0n) is 8.71. The number of thiophene rings is 1. The van der Waals surface area contributed by atoms with Crippen molar-refractivity contribution in [3.05, 3.63) is 23.2 Å². The Balaban J connectivity index is 2.56. The van der Waals surface area contributed by atoms with E-state index in [2.05, 4.69) is 10.3 Å². The molecule has 2 rings (SSSR count). The molecular weight excluding hydrogens is 210 g/mol. The molecule has 0 aliphatic heterocycles. The third-order valence-corrected chi connectivity index (χ3v) is 3.03. The van der Waals surface area contributed by atoms with Gasteiger partial charge in [0.1, 0.15) is 11.4 Å². The van der Waals surface area contributed by atoms with E-state index < -0.39 is 0 Å². The third kappa shape index (κ3) is 1.80. The lowest BCUT2D eigenvalue weighted by Gasteiger charge is -2.08. The van der Waals surface area contributed by atoms with Gasteiger partial charge in [-0.15, -0.1) is 16.4 Å². The highest BCUT2D eigenvalue weighted by Gasteiger charge is 2.16. The second-order valence-corrected chi connectivity index (χ2v) is 4.51. The zero-order chi connectivity index (χ0) is 10.8. The maximum absolute atomic E-state index is 9.20. The fourth-order valence-corrected chi connectivity index (χ4v) is 2.25. The largest absolute Gasteiger partial charge is 0.390 e. The average molecular weight is 223 g/mol. The Hall–Kier alpha value is -1.20. The first kappa shape index (κ1) is 10.3. The first-order valence-corrected chi connectivity index (χ1v) is 5.70. The van der Waals surface area contributed by atoms with Crippen LogP contribution in [0.25, 0.3) is 10.6 Å². The molecule has 0 aromatic carbocycles. The Labute approximate surface area is 92.2 Å². The van der Waals surface area contributed by atoms with Gasteiger partial charge in [0.15, 0.2) is 0 Å².